The average molecular weight is 287 g/mol. The molecule has 4 nitrogen and oxygen atoms in total. The Balaban J connectivity index is 1.70. The van der Waals surface area contributed by atoms with Gasteiger partial charge in [-0.2, -0.15) is 0 Å². The highest BCUT2D eigenvalue weighted by Crippen LogP contribution is 2.21. The topological polar surface area (TPSA) is 46.9 Å². The lowest BCUT2D eigenvalue weighted by Gasteiger charge is -2.11. The van der Waals surface area contributed by atoms with Crippen LogP contribution in [0.2, 0.25) is 0 Å². The Kier molecular flexibility index (Phi) is 3.73. The lowest BCUT2D eigenvalue weighted by molar-refractivity contribution is 0.0949. The van der Waals surface area contributed by atoms with Crippen molar-refractivity contribution >= 4 is 5.91 Å². The molecule has 1 aliphatic carbocycles. The largest absolute Gasteiger partial charge is 0.345 e. The minimum atomic E-state index is -0.407. The molecule has 0 saturated heterocycles. The average Bonchev–Trinajstić information content (AvgIpc) is 2.82. The molecule has 1 heterocycles. The van der Waals surface area contributed by atoms with Crippen molar-refractivity contribution in [1.82, 2.24) is 14.9 Å². The molecule has 2 aromatic rings. The molecule has 0 bridgehead atoms. The molecule has 0 unspecified atom stereocenters. The number of nitrogens with one attached hydrogen (secondary N) is 1. The van der Waals surface area contributed by atoms with Gasteiger partial charge in [-0.25, -0.2) is 9.37 Å². The van der Waals surface area contributed by atoms with Crippen molar-refractivity contribution in [3.63, 3.8) is 0 Å². The van der Waals surface area contributed by atoms with Crippen LogP contribution >= 0.6 is 0 Å². The highest BCUT2D eigenvalue weighted by Gasteiger charge is 2.18. The van der Waals surface area contributed by atoms with Crippen molar-refractivity contribution in [3.8, 4) is 0 Å². The van der Waals surface area contributed by atoms with Crippen LogP contribution in [0.3, 0.4) is 0 Å². The Bertz CT molecular complexity index is 678. The first-order valence-electron chi connectivity index (χ1n) is 7.22. The van der Waals surface area contributed by atoms with Gasteiger partial charge in [0.25, 0.3) is 5.91 Å². The summed E-state index contributed by atoms with van der Waals surface area (Å²) in [6.45, 7) is 0.360. The summed E-state index contributed by atoms with van der Waals surface area (Å²) < 4.78 is 15.2. The second kappa shape index (κ2) is 5.68. The molecule has 21 heavy (non-hydrogen) atoms. The summed E-state index contributed by atoms with van der Waals surface area (Å²) in [5, 5.41) is 2.80. The third-order valence-corrected chi connectivity index (χ3v) is 3.96. The van der Waals surface area contributed by atoms with E-state index in [-0.39, 0.29) is 5.91 Å². The van der Waals surface area contributed by atoms with E-state index in [0.29, 0.717) is 12.1 Å². The molecule has 3 rings (SSSR count). The summed E-state index contributed by atoms with van der Waals surface area (Å²) in [5.41, 5.74) is 2.75. The first kappa shape index (κ1) is 13.8. The quantitative estimate of drug-likeness (QED) is 0.942. The van der Waals surface area contributed by atoms with E-state index < -0.39 is 5.82 Å². The van der Waals surface area contributed by atoms with E-state index in [9.17, 15) is 9.18 Å². The van der Waals surface area contributed by atoms with Crippen LogP contribution in [0.25, 0.3) is 0 Å². The van der Waals surface area contributed by atoms with Crippen molar-refractivity contribution in [1.29, 1.82) is 0 Å². The van der Waals surface area contributed by atoms with Gasteiger partial charge >= 0.3 is 0 Å². The number of hydrogen-bond acceptors (Lipinski definition) is 2. The summed E-state index contributed by atoms with van der Waals surface area (Å²) in [5.74, 6) is 0.164. The Labute approximate surface area is 123 Å². The van der Waals surface area contributed by atoms with Gasteiger partial charge in [0, 0.05) is 18.3 Å². The third kappa shape index (κ3) is 2.82. The molecule has 110 valence electrons. The summed E-state index contributed by atoms with van der Waals surface area (Å²) in [6, 6.07) is 5.69. The smallest absolute Gasteiger partial charge is 0.251 e. The van der Waals surface area contributed by atoms with Gasteiger partial charge in [-0.05, 0) is 43.9 Å². The number of carbonyl (C=O) groups excluding carboxylic acids is 1. The molecule has 1 amide bonds. The summed E-state index contributed by atoms with van der Waals surface area (Å²) in [7, 11) is 1.99. The molecule has 1 aromatic heterocycles. The number of rotatable bonds is 3. The molecule has 0 saturated carbocycles. The highest BCUT2D eigenvalue weighted by atomic mass is 19.1. The van der Waals surface area contributed by atoms with Gasteiger partial charge in [0.15, 0.2) is 0 Å². The minimum Gasteiger partial charge on any atom is -0.345 e. The van der Waals surface area contributed by atoms with E-state index in [1.165, 1.54) is 36.7 Å². The van der Waals surface area contributed by atoms with Crippen LogP contribution in [0.5, 0.6) is 0 Å². The zero-order chi connectivity index (χ0) is 14.8. The van der Waals surface area contributed by atoms with Crippen molar-refractivity contribution in [2.45, 2.75) is 32.2 Å². The molecule has 1 N–H and O–H groups in total. The monoisotopic (exact) mass is 287 g/mol. The number of aryl methyl sites for hydroxylation is 1. The number of amides is 1. The van der Waals surface area contributed by atoms with Crippen molar-refractivity contribution in [3.05, 3.63) is 52.9 Å². The molecule has 0 radical (unpaired) electrons. The van der Waals surface area contributed by atoms with Gasteiger partial charge in [0.1, 0.15) is 11.6 Å². The lowest BCUT2D eigenvalue weighted by atomic mass is 10.0. The molecule has 0 fully saturated rings. The van der Waals surface area contributed by atoms with Crippen LogP contribution in [0, 0.1) is 5.82 Å². The minimum absolute atomic E-state index is 0.282. The first-order valence-corrected chi connectivity index (χ1v) is 7.22. The number of carbonyl (C=O) groups is 1. The van der Waals surface area contributed by atoms with Crippen LogP contribution in [0.1, 0.15) is 40.4 Å². The van der Waals surface area contributed by atoms with E-state index in [4.69, 9.17) is 0 Å². The zero-order valence-electron chi connectivity index (χ0n) is 12.0. The second-order valence-electron chi connectivity index (χ2n) is 5.38. The maximum absolute atomic E-state index is 13.1. The van der Waals surface area contributed by atoms with Gasteiger partial charge in [-0.15, -0.1) is 0 Å². The number of aromatic nitrogens is 2. The summed E-state index contributed by atoms with van der Waals surface area (Å²) >= 11 is 0. The van der Waals surface area contributed by atoms with Gasteiger partial charge in [0.2, 0.25) is 0 Å². The standard InChI is InChI=1S/C16H18FN3O/c1-20-14-8-3-2-7-13(14)19-15(20)10-18-16(21)11-5-4-6-12(17)9-11/h4-6,9H,2-3,7-8,10H2,1H3,(H,18,21). The van der Waals surface area contributed by atoms with Gasteiger partial charge in [-0.1, -0.05) is 6.07 Å². The fourth-order valence-electron chi connectivity index (χ4n) is 2.79. The van der Waals surface area contributed by atoms with Crippen LogP contribution in [0.15, 0.2) is 24.3 Å². The van der Waals surface area contributed by atoms with Crippen LogP contribution in [-0.2, 0) is 26.4 Å². The first-order chi connectivity index (χ1) is 10.1. The Morgan fingerprint density at radius 3 is 2.95 bits per heavy atom. The zero-order valence-corrected chi connectivity index (χ0v) is 12.0. The molecule has 5 heteroatoms. The fraction of sp³-hybridized carbons (Fsp3) is 0.375. The number of hydrogen-bond donors (Lipinski definition) is 1. The maximum atomic E-state index is 13.1. The second-order valence-corrected chi connectivity index (χ2v) is 5.38. The third-order valence-electron chi connectivity index (χ3n) is 3.96. The molecule has 0 aliphatic heterocycles. The Morgan fingerprint density at radius 1 is 1.38 bits per heavy atom. The number of nitrogens with zero attached hydrogens (tertiary/aromatic N) is 2. The number of fused-ring (bicyclic) bond motifs is 1. The van der Waals surface area contributed by atoms with E-state index in [1.807, 2.05) is 7.05 Å². The van der Waals surface area contributed by atoms with E-state index in [0.717, 1.165) is 24.4 Å². The van der Waals surface area contributed by atoms with Crippen molar-refractivity contribution in [2.24, 2.45) is 7.05 Å². The number of benzene rings is 1. The molecule has 1 aromatic carbocycles. The predicted molar refractivity (Wildman–Crippen MR) is 77.4 cm³/mol. The molecule has 0 spiro atoms. The highest BCUT2D eigenvalue weighted by molar-refractivity contribution is 5.94. The van der Waals surface area contributed by atoms with Gasteiger partial charge in [0.05, 0.1) is 12.2 Å². The normalized spacial score (nSPS) is 13.8. The Morgan fingerprint density at radius 2 is 2.19 bits per heavy atom. The molecule has 0 atom stereocenters. The lowest BCUT2D eigenvalue weighted by Crippen LogP contribution is -2.24. The number of halogens is 1. The van der Waals surface area contributed by atoms with E-state index in [1.54, 1.807) is 6.07 Å². The maximum Gasteiger partial charge on any atom is 0.251 e. The molecular weight excluding hydrogens is 269 g/mol. The van der Waals surface area contributed by atoms with E-state index in [2.05, 4.69) is 14.9 Å². The van der Waals surface area contributed by atoms with E-state index >= 15 is 0 Å². The van der Waals surface area contributed by atoms with Gasteiger partial charge in [-0.3, -0.25) is 4.79 Å². The summed E-state index contributed by atoms with van der Waals surface area (Å²) in [6.07, 6.45) is 4.44. The fourth-order valence-corrected chi connectivity index (χ4v) is 2.79. The van der Waals surface area contributed by atoms with Gasteiger partial charge < -0.3 is 9.88 Å². The van der Waals surface area contributed by atoms with Crippen LogP contribution in [0.4, 0.5) is 4.39 Å². The Hall–Kier alpha value is -2.17. The van der Waals surface area contributed by atoms with Crippen molar-refractivity contribution in [2.75, 3.05) is 0 Å². The SMILES string of the molecule is Cn1c(CNC(=O)c2cccc(F)c2)nc2c1CCCC2. The predicted octanol–water partition coefficient (Wildman–Crippen LogP) is 2.37. The summed E-state index contributed by atoms with van der Waals surface area (Å²) in [4.78, 5) is 16.6. The molecular formula is C16H18FN3O. The van der Waals surface area contributed by atoms with Crippen molar-refractivity contribution < 1.29 is 9.18 Å². The molecule has 1 aliphatic rings. The number of imidazole rings is 1. The van der Waals surface area contributed by atoms with Crippen LogP contribution in [-0.4, -0.2) is 15.5 Å². The van der Waals surface area contributed by atoms with Crippen LogP contribution < -0.4 is 5.32 Å².